The summed E-state index contributed by atoms with van der Waals surface area (Å²) in [7, 11) is 4.19. The van der Waals surface area contributed by atoms with E-state index in [9.17, 15) is 0 Å². The van der Waals surface area contributed by atoms with Gasteiger partial charge in [0.15, 0.2) is 0 Å². The molecule has 4 aromatic rings. The topological polar surface area (TPSA) is 116 Å². The molecule has 264 valence electrons. The Kier molecular flexibility index (Phi) is 22.9. The molecule has 12 N–H and O–H groups in total. The highest BCUT2D eigenvalue weighted by atomic mass is 14.9. The zero-order valence-corrected chi connectivity index (χ0v) is 30.8. The fraction of sp³-hybridized carbons (Fsp3) is 0.186. The highest BCUT2D eigenvalue weighted by molar-refractivity contribution is 5.48. The Morgan fingerprint density at radius 2 is 0.939 bits per heavy atom. The number of benzene rings is 4. The van der Waals surface area contributed by atoms with Crippen LogP contribution in [0, 0.1) is 36.1 Å². The summed E-state index contributed by atoms with van der Waals surface area (Å²) < 4.78 is 0. The van der Waals surface area contributed by atoms with E-state index in [1.807, 2.05) is 60.7 Å². The van der Waals surface area contributed by atoms with E-state index in [2.05, 4.69) is 152 Å². The second-order valence-corrected chi connectivity index (χ2v) is 11.4. The first kappa shape index (κ1) is 44.3. The number of rotatable bonds is 6. The van der Waals surface area contributed by atoms with Crippen molar-refractivity contribution in [2.75, 3.05) is 25.1 Å². The highest BCUT2D eigenvalue weighted by Gasteiger charge is 2.13. The molecule has 0 saturated carbocycles. The summed E-state index contributed by atoms with van der Waals surface area (Å²) >= 11 is 0. The van der Waals surface area contributed by atoms with Gasteiger partial charge in [0.2, 0.25) is 0 Å². The molecule has 0 saturated heterocycles. The molecule has 2 aliphatic carbocycles. The maximum Gasteiger partial charge on any atom is 0.130 e. The molecular formula is C43H63N6+. The number of nitrogens with two attached hydrogens (primary N) is 4. The van der Waals surface area contributed by atoms with Crippen LogP contribution >= 0.6 is 0 Å². The third kappa shape index (κ3) is 18.4. The van der Waals surface area contributed by atoms with Gasteiger partial charge in [0.1, 0.15) is 29.5 Å². The third-order valence-electron chi connectivity index (χ3n) is 7.45. The first-order valence-electron chi connectivity index (χ1n) is 16.1. The molecule has 0 aromatic heterocycles. The third-order valence-corrected chi connectivity index (χ3v) is 7.45. The van der Waals surface area contributed by atoms with E-state index >= 15 is 0 Å². The number of quaternary nitrogens is 4. The first-order chi connectivity index (χ1) is 22.3. The van der Waals surface area contributed by atoms with Gasteiger partial charge in [0.05, 0.1) is 20.1 Å². The molecule has 0 heterocycles. The van der Waals surface area contributed by atoms with E-state index in [1.165, 1.54) is 22.5 Å². The summed E-state index contributed by atoms with van der Waals surface area (Å²) in [5, 5.41) is 10.1. The Morgan fingerprint density at radius 3 is 1.33 bits per heavy atom. The first-order valence-corrected chi connectivity index (χ1v) is 16.1. The number of aryl methyl sites for hydroxylation is 2. The maximum atomic E-state index is 5.36. The van der Waals surface area contributed by atoms with Crippen LogP contribution in [0.15, 0.2) is 158 Å². The van der Waals surface area contributed by atoms with Crippen LogP contribution in [0.4, 0.5) is 22.7 Å². The minimum Gasteiger partial charge on any atom is -0.399 e. The molecule has 0 aliphatic heterocycles. The molecule has 0 fully saturated rings. The molecule has 0 amide bonds. The Labute approximate surface area is 298 Å². The van der Waals surface area contributed by atoms with Gasteiger partial charge in [-0.3, -0.25) is 0 Å². The Hall–Kier alpha value is -4.72. The van der Waals surface area contributed by atoms with E-state index in [0.717, 1.165) is 11.4 Å². The lowest BCUT2D eigenvalue weighted by Crippen LogP contribution is -2.87. The van der Waals surface area contributed by atoms with Crippen LogP contribution in [0.2, 0.25) is 0 Å². The zero-order valence-electron chi connectivity index (χ0n) is 30.8. The van der Waals surface area contributed by atoms with Gasteiger partial charge < -0.3 is 55.0 Å². The average Bonchev–Trinajstić information content (AvgIpc) is 3.09. The molecule has 0 bridgehead atoms. The molecule has 0 radical (unpaired) electrons. The minimum absolute atomic E-state index is 0. The van der Waals surface area contributed by atoms with Gasteiger partial charge in [-0.2, -0.15) is 0 Å². The van der Waals surface area contributed by atoms with E-state index in [-0.39, 0.29) is 22.3 Å². The van der Waals surface area contributed by atoms with E-state index < -0.39 is 0 Å². The molecule has 0 unspecified atom stereocenters. The second-order valence-electron chi connectivity index (χ2n) is 11.4. The van der Waals surface area contributed by atoms with Crippen LogP contribution in [0.1, 0.15) is 11.1 Å². The Morgan fingerprint density at radius 1 is 0.531 bits per heavy atom. The van der Waals surface area contributed by atoms with Crippen LogP contribution in [0.3, 0.4) is 0 Å². The SMILES string of the molecule is C[NH2+]C1C=CC(Nc2ccc(C)cc2)C=C1.C[NH2+]C1C=CC([NH2+]c2ccc(C)cc2)C=C1.Nc1ccccc1.[CH3-].[CH3-].[CH3-].[NH3+]c1ccccc1. The monoisotopic (exact) mass is 664 g/mol. The number of nitrogens with one attached hydrogen (secondary N) is 1. The summed E-state index contributed by atoms with van der Waals surface area (Å²) in [5.74, 6) is 0. The van der Waals surface area contributed by atoms with Crippen LogP contribution in [-0.4, -0.2) is 38.3 Å². The molecule has 6 rings (SSSR count). The zero-order chi connectivity index (χ0) is 33.0. The summed E-state index contributed by atoms with van der Waals surface area (Å²) in [6.07, 6.45) is 17.9. The molecule has 2 aliphatic rings. The molecule has 6 heteroatoms. The van der Waals surface area contributed by atoms with Gasteiger partial charge in [0, 0.05) is 11.4 Å². The Balaban J connectivity index is 0.000000655. The van der Waals surface area contributed by atoms with Crippen LogP contribution < -0.4 is 32.7 Å². The van der Waals surface area contributed by atoms with Gasteiger partial charge in [-0.05, 0) is 98.8 Å². The second kappa shape index (κ2) is 25.3. The molecule has 4 aromatic carbocycles. The standard InChI is InChI=1S/2C14H18N2.2C6H7N.3CH3/c2*1-11-3-5-13(6-4-11)16-14-9-7-12(15-2)8-10-14;2*7-6-4-2-1-3-5-6;;;/h2*3-10,12,14-16H,1-2H3;2*1-5H,7H2;3*1H3/q;;;;3*-1/p+4. The maximum absolute atomic E-state index is 5.36. The van der Waals surface area contributed by atoms with Crippen molar-refractivity contribution >= 4 is 22.7 Å². The van der Waals surface area contributed by atoms with Gasteiger partial charge in [-0.1, -0.05) is 83.9 Å². The van der Waals surface area contributed by atoms with Crippen molar-refractivity contribution in [3.05, 3.63) is 191 Å². The molecule has 49 heavy (non-hydrogen) atoms. The summed E-state index contributed by atoms with van der Waals surface area (Å²) in [5.41, 5.74) is 16.0. The van der Waals surface area contributed by atoms with Crippen molar-refractivity contribution in [1.82, 2.24) is 0 Å². The van der Waals surface area contributed by atoms with Crippen molar-refractivity contribution in [2.45, 2.75) is 38.0 Å². The van der Waals surface area contributed by atoms with Crippen molar-refractivity contribution < 1.29 is 21.7 Å². The quantitative estimate of drug-likeness (QED) is 0.100. The normalized spacial score (nSPS) is 17.8. The molecular weight excluding hydrogens is 601 g/mol. The number of anilines is 2. The fourth-order valence-electron chi connectivity index (χ4n) is 4.59. The highest BCUT2D eigenvalue weighted by Crippen LogP contribution is 2.13. The number of hydrogen-bond acceptors (Lipinski definition) is 2. The van der Waals surface area contributed by atoms with Crippen LogP contribution in [0.5, 0.6) is 0 Å². The van der Waals surface area contributed by atoms with Gasteiger partial charge >= 0.3 is 0 Å². The molecule has 0 spiro atoms. The summed E-state index contributed by atoms with van der Waals surface area (Å²) in [6, 6.07) is 38.3. The smallest absolute Gasteiger partial charge is 0.130 e. The Bertz CT molecular complexity index is 1350. The van der Waals surface area contributed by atoms with Gasteiger partial charge in [-0.25, -0.2) is 0 Å². The van der Waals surface area contributed by atoms with E-state index in [4.69, 9.17) is 5.73 Å². The summed E-state index contributed by atoms with van der Waals surface area (Å²) in [6.45, 7) is 4.22. The van der Waals surface area contributed by atoms with E-state index in [1.54, 1.807) is 0 Å². The number of para-hydroxylation sites is 1. The lowest BCUT2D eigenvalue weighted by molar-refractivity contribution is -0.643. The lowest BCUT2D eigenvalue weighted by Gasteiger charge is -2.17. The van der Waals surface area contributed by atoms with Gasteiger partial charge in [-0.15, -0.1) is 0 Å². The largest absolute Gasteiger partial charge is 0.399 e. The van der Waals surface area contributed by atoms with Crippen molar-refractivity contribution in [3.8, 4) is 0 Å². The molecule has 6 nitrogen and oxygen atoms in total. The number of likely N-dealkylation sites (N-methyl/N-ethyl adjacent to an activating group) is 2. The predicted molar refractivity (Wildman–Crippen MR) is 214 cm³/mol. The fourth-order valence-corrected chi connectivity index (χ4v) is 4.59. The number of nitrogen functional groups attached to an aromatic ring is 1. The van der Waals surface area contributed by atoms with E-state index in [0.29, 0.717) is 24.2 Å². The van der Waals surface area contributed by atoms with Crippen molar-refractivity contribution in [3.63, 3.8) is 0 Å². The predicted octanol–water partition coefficient (Wildman–Crippen LogP) is 4.89. The van der Waals surface area contributed by atoms with Crippen molar-refractivity contribution in [1.29, 1.82) is 0 Å². The average molecular weight is 664 g/mol. The minimum atomic E-state index is 0. The van der Waals surface area contributed by atoms with Crippen LogP contribution in [-0.2, 0) is 0 Å². The molecule has 0 atom stereocenters. The van der Waals surface area contributed by atoms with Crippen LogP contribution in [0.25, 0.3) is 0 Å². The summed E-state index contributed by atoms with van der Waals surface area (Å²) in [4.78, 5) is 0. The van der Waals surface area contributed by atoms with Gasteiger partial charge in [0.25, 0.3) is 0 Å². The number of hydrogen-bond donors (Lipinski definition) is 6. The van der Waals surface area contributed by atoms with Crippen molar-refractivity contribution in [2.24, 2.45) is 0 Å². The lowest BCUT2D eigenvalue weighted by atomic mass is 10.1.